The average Bonchev–Trinajstić information content (AvgIpc) is 2.20. The quantitative estimate of drug-likeness (QED) is 0.599. The lowest BCUT2D eigenvalue weighted by Gasteiger charge is -2.39. The van der Waals surface area contributed by atoms with Crippen molar-refractivity contribution in [2.75, 3.05) is 13.1 Å². The lowest BCUT2D eigenvalue weighted by Crippen LogP contribution is -2.61. The Morgan fingerprint density at radius 3 is 2.50 bits per heavy atom. The average molecular weight is 198 g/mol. The molecule has 1 saturated carbocycles. The molecule has 3 N–H and O–H groups in total. The number of amides is 1. The largest absolute Gasteiger partial charge is 0.393 e. The lowest BCUT2D eigenvalue weighted by molar-refractivity contribution is -0.143. The summed E-state index contributed by atoms with van der Waals surface area (Å²) < 4.78 is 0. The molecular weight excluding hydrogens is 180 g/mol. The fourth-order valence-corrected chi connectivity index (χ4v) is 2.33. The number of nitrogens with zero attached hydrogens (tertiary/aromatic N) is 1. The molecular formula is C10H18N2O2. The van der Waals surface area contributed by atoms with Crippen LogP contribution in [-0.2, 0) is 4.79 Å². The van der Waals surface area contributed by atoms with E-state index in [2.05, 4.69) is 0 Å². The van der Waals surface area contributed by atoms with Gasteiger partial charge in [-0.3, -0.25) is 4.79 Å². The maximum Gasteiger partial charge on any atom is 0.241 e. The highest BCUT2D eigenvalue weighted by molar-refractivity contribution is 5.87. The summed E-state index contributed by atoms with van der Waals surface area (Å²) in [5, 5.41) is 9.33. The summed E-state index contributed by atoms with van der Waals surface area (Å²) in [6.07, 6.45) is 3.75. The highest BCUT2D eigenvalue weighted by atomic mass is 16.3. The van der Waals surface area contributed by atoms with E-state index in [-0.39, 0.29) is 18.1 Å². The van der Waals surface area contributed by atoms with Gasteiger partial charge in [0.2, 0.25) is 5.91 Å². The van der Waals surface area contributed by atoms with Gasteiger partial charge >= 0.3 is 0 Å². The Labute approximate surface area is 84.1 Å². The van der Waals surface area contributed by atoms with Gasteiger partial charge in [0.15, 0.2) is 0 Å². The number of aliphatic hydroxyl groups excluding tert-OH is 1. The minimum atomic E-state index is -0.246. The van der Waals surface area contributed by atoms with E-state index >= 15 is 0 Å². The maximum absolute atomic E-state index is 11.3. The molecule has 0 aromatic rings. The Morgan fingerprint density at radius 2 is 2.00 bits per heavy atom. The Hall–Kier alpha value is -0.610. The van der Waals surface area contributed by atoms with E-state index in [9.17, 15) is 9.90 Å². The van der Waals surface area contributed by atoms with Crippen LogP contribution in [0.15, 0.2) is 0 Å². The fraction of sp³-hybridized carbons (Fsp3) is 0.900. The molecule has 14 heavy (non-hydrogen) atoms. The monoisotopic (exact) mass is 198 g/mol. The first-order valence-corrected chi connectivity index (χ1v) is 5.39. The number of hydrogen-bond donors (Lipinski definition) is 2. The van der Waals surface area contributed by atoms with Gasteiger partial charge in [-0.05, 0) is 31.6 Å². The number of rotatable bonds is 2. The highest BCUT2D eigenvalue weighted by Gasteiger charge is 2.35. The summed E-state index contributed by atoms with van der Waals surface area (Å²) in [6.45, 7) is 1.57. The molecule has 1 unspecified atom stereocenters. The van der Waals surface area contributed by atoms with E-state index < -0.39 is 0 Å². The second kappa shape index (κ2) is 3.87. The molecule has 80 valence electrons. The van der Waals surface area contributed by atoms with Gasteiger partial charge in [0.1, 0.15) is 6.04 Å². The lowest BCUT2D eigenvalue weighted by atomic mass is 9.86. The fourth-order valence-electron chi connectivity index (χ4n) is 2.33. The van der Waals surface area contributed by atoms with Crippen molar-refractivity contribution < 1.29 is 9.90 Å². The summed E-state index contributed by atoms with van der Waals surface area (Å²) in [6, 6.07) is -0.246. The molecule has 4 heteroatoms. The van der Waals surface area contributed by atoms with E-state index in [0.29, 0.717) is 5.92 Å². The zero-order valence-corrected chi connectivity index (χ0v) is 8.35. The molecule has 0 radical (unpaired) electrons. The second-order valence-corrected chi connectivity index (χ2v) is 4.52. The molecule has 1 heterocycles. The van der Waals surface area contributed by atoms with Crippen LogP contribution >= 0.6 is 0 Å². The maximum atomic E-state index is 11.3. The van der Waals surface area contributed by atoms with Crippen LogP contribution in [0, 0.1) is 5.92 Å². The Morgan fingerprint density at radius 1 is 1.36 bits per heavy atom. The van der Waals surface area contributed by atoms with Crippen molar-refractivity contribution in [3.63, 3.8) is 0 Å². The van der Waals surface area contributed by atoms with Crippen LogP contribution in [0.5, 0.6) is 0 Å². The van der Waals surface area contributed by atoms with Crippen molar-refractivity contribution >= 4 is 5.91 Å². The number of nitrogens with two attached hydrogens (primary N) is 1. The standard InChI is InChI=1S/C10H18N2O2/c11-9-6-12(10(9)14)5-7-1-3-8(13)4-2-7/h7-9,13H,1-6,11H2. The third-order valence-electron chi connectivity index (χ3n) is 3.34. The molecule has 0 spiro atoms. The van der Waals surface area contributed by atoms with Gasteiger partial charge in [0.25, 0.3) is 0 Å². The number of aliphatic hydroxyl groups is 1. The van der Waals surface area contributed by atoms with Crippen molar-refractivity contribution in [1.82, 2.24) is 4.90 Å². The van der Waals surface area contributed by atoms with E-state index in [4.69, 9.17) is 5.73 Å². The Kier molecular flexibility index (Phi) is 2.74. The van der Waals surface area contributed by atoms with E-state index in [1.54, 1.807) is 0 Å². The molecule has 0 aromatic heterocycles. The van der Waals surface area contributed by atoms with Gasteiger partial charge in [-0.25, -0.2) is 0 Å². The van der Waals surface area contributed by atoms with E-state index in [1.165, 1.54) is 0 Å². The van der Waals surface area contributed by atoms with Gasteiger partial charge in [-0.15, -0.1) is 0 Å². The molecule has 2 fully saturated rings. The van der Waals surface area contributed by atoms with Crippen molar-refractivity contribution in [2.24, 2.45) is 11.7 Å². The van der Waals surface area contributed by atoms with Crippen molar-refractivity contribution in [1.29, 1.82) is 0 Å². The van der Waals surface area contributed by atoms with E-state index in [1.807, 2.05) is 4.90 Å². The number of carbonyl (C=O) groups excluding carboxylic acids is 1. The van der Waals surface area contributed by atoms with Gasteiger partial charge in [0.05, 0.1) is 6.10 Å². The normalized spacial score (nSPS) is 38.3. The number of β-lactam (4-membered cyclic amide) rings is 1. The van der Waals surface area contributed by atoms with Gasteiger partial charge in [-0.1, -0.05) is 0 Å². The van der Waals surface area contributed by atoms with Crippen LogP contribution in [0.2, 0.25) is 0 Å². The summed E-state index contributed by atoms with van der Waals surface area (Å²) in [5.74, 6) is 0.672. The Balaban J connectivity index is 1.74. The van der Waals surface area contributed by atoms with E-state index in [0.717, 1.165) is 38.8 Å². The third kappa shape index (κ3) is 1.91. The molecule has 2 aliphatic rings. The molecule has 1 amide bonds. The van der Waals surface area contributed by atoms with Crippen LogP contribution in [0.25, 0.3) is 0 Å². The topological polar surface area (TPSA) is 66.6 Å². The minimum absolute atomic E-state index is 0.0936. The first-order chi connectivity index (χ1) is 6.66. The molecule has 0 aromatic carbocycles. The van der Waals surface area contributed by atoms with Gasteiger partial charge in [0, 0.05) is 13.1 Å². The predicted octanol–water partition coefficient (Wildman–Crippen LogP) is -0.293. The second-order valence-electron chi connectivity index (χ2n) is 4.52. The molecule has 1 saturated heterocycles. The Bertz CT molecular complexity index is 224. The third-order valence-corrected chi connectivity index (χ3v) is 3.34. The zero-order valence-electron chi connectivity index (χ0n) is 8.35. The van der Waals surface area contributed by atoms with Gasteiger partial charge in [-0.2, -0.15) is 0 Å². The summed E-state index contributed by atoms with van der Waals surface area (Å²) >= 11 is 0. The van der Waals surface area contributed by atoms with Crippen LogP contribution < -0.4 is 5.73 Å². The molecule has 1 atom stereocenters. The molecule has 1 aliphatic carbocycles. The number of hydrogen-bond acceptors (Lipinski definition) is 3. The van der Waals surface area contributed by atoms with Crippen LogP contribution in [0.4, 0.5) is 0 Å². The van der Waals surface area contributed by atoms with Crippen LogP contribution in [0.3, 0.4) is 0 Å². The van der Waals surface area contributed by atoms with Crippen LogP contribution in [0.1, 0.15) is 25.7 Å². The first kappa shape index (κ1) is 9.93. The van der Waals surface area contributed by atoms with Crippen LogP contribution in [-0.4, -0.2) is 41.1 Å². The molecule has 1 aliphatic heterocycles. The molecule has 2 rings (SSSR count). The minimum Gasteiger partial charge on any atom is -0.393 e. The predicted molar refractivity (Wildman–Crippen MR) is 52.5 cm³/mol. The summed E-state index contributed by atoms with van der Waals surface area (Å²) in [4.78, 5) is 13.1. The summed E-state index contributed by atoms with van der Waals surface area (Å²) in [5.41, 5.74) is 5.51. The van der Waals surface area contributed by atoms with Crippen molar-refractivity contribution in [2.45, 2.75) is 37.8 Å². The first-order valence-electron chi connectivity index (χ1n) is 5.39. The summed E-state index contributed by atoms with van der Waals surface area (Å²) in [7, 11) is 0. The molecule has 4 nitrogen and oxygen atoms in total. The van der Waals surface area contributed by atoms with Crippen molar-refractivity contribution in [3.8, 4) is 0 Å². The number of likely N-dealkylation sites (tertiary alicyclic amines) is 1. The SMILES string of the molecule is NC1CN(CC2CCC(O)CC2)C1=O. The van der Waals surface area contributed by atoms with Gasteiger partial charge < -0.3 is 15.7 Å². The number of carbonyl (C=O) groups is 1. The smallest absolute Gasteiger partial charge is 0.241 e. The highest BCUT2D eigenvalue weighted by Crippen LogP contribution is 2.26. The molecule has 0 bridgehead atoms. The zero-order chi connectivity index (χ0) is 10.1. The van der Waals surface area contributed by atoms with Crippen molar-refractivity contribution in [3.05, 3.63) is 0 Å².